The molecule has 0 N–H and O–H groups in total. The van der Waals surface area contributed by atoms with Crippen molar-refractivity contribution in [3.8, 4) is 0 Å². The molecule has 0 bridgehead atoms. The second-order valence-corrected chi connectivity index (χ2v) is 3.03. The molecule has 2 atom stereocenters. The fourth-order valence-electron chi connectivity index (χ4n) is 1.48. The fourth-order valence-corrected chi connectivity index (χ4v) is 1.48. The maximum atomic E-state index is 5.73. The molecule has 0 aromatic heterocycles. The van der Waals surface area contributed by atoms with Gasteiger partial charge in [0.25, 0.3) is 0 Å². The molecule has 0 spiro atoms. The van der Waals surface area contributed by atoms with Gasteiger partial charge in [0.05, 0.1) is 7.85 Å². The summed E-state index contributed by atoms with van der Waals surface area (Å²) in [5, 5.41) is 0. The normalized spacial score (nSPS) is 39.6. The summed E-state index contributed by atoms with van der Waals surface area (Å²) in [5.41, 5.74) is 0. The molecule has 8 heavy (non-hydrogen) atoms. The molecule has 1 saturated carbocycles. The lowest BCUT2D eigenvalue weighted by molar-refractivity contribution is 0.386. The third-order valence-corrected chi connectivity index (χ3v) is 1.98. The van der Waals surface area contributed by atoms with Gasteiger partial charge in [-0.15, -0.1) is 0 Å². The lowest BCUT2D eigenvalue weighted by Gasteiger charge is -2.23. The summed E-state index contributed by atoms with van der Waals surface area (Å²) in [6.45, 7) is 2.29. The van der Waals surface area contributed by atoms with Gasteiger partial charge >= 0.3 is 0 Å². The van der Waals surface area contributed by atoms with Crippen LogP contribution >= 0.6 is 0 Å². The van der Waals surface area contributed by atoms with Gasteiger partial charge in [-0.3, -0.25) is 0 Å². The molecule has 1 rings (SSSR count). The highest BCUT2D eigenvalue weighted by atomic mass is 14.2. The van der Waals surface area contributed by atoms with Crippen molar-refractivity contribution in [1.29, 1.82) is 0 Å². The first kappa shape index (κ1) is 6.19. The van der Waals surface area contributed by atoms with Gasteiger partial charge in [-0.25, -0.2) is 0 Å². The van der Waals surface area contributed by atoms with Gasteiger partial charge in [0, 0.05) is 0 Å². The number of rotatable bonds is 0. The minimum atomic E-state index is 0.513. The third kappa shape index (κ3) is 1.54. The van der Waals surface area contributed by atoms with Crippen molar-refractivity contribution in [3.05, 3.63) is 0 Å². The monoisotopic (exact) mass is 108 g/mol. The fraction of sp³-hybridized carbons (Fsp3) is 1.00. The van der Waals surface area contributed by atoms with Crippen LogP contribution in [0.5, 0.6) is 0 Å². The predicted octanol–water partition coefficient (Wildman–Crippen LogP) is 2.15. The minimum Gasteiger partial charge on any atom is -0.0771 e. The second kappa shape index (κ2) is 2.57. The lowest BCUT2D eigenvalue weighted by Crippen LogP contribution is -2.07. The SMILES string of the molecule is [B]C1CCC[C@H](C)C1. The highest BCUT2D eigenvalue weighted by molar-refractivity contribution is 6.11. The predicted molar refractivity (Wildman–Crippen MR) is 37.1 cm³/mol. The molecule has 1 aliphatic carbocycles. The van der Waals surface area contributed by atoms with Crippen LogP contribution in [0.3, 0.4) is 0 Å². The molecule has 1 fully saturated rings. The second-order valence-electron chi connectivity index (χ2n) is 3.03. The number of hydrogen-bond donors (Lipinski definition) is 0. The van der Waals surface area contributed by atoms with Gasteiger partial charge in [-0.05, 0) is 5.92 Å². The van der Waals surface area contributed by atoms with E-state index in [-0.39, 0.29) is 0 Å². The average Bonchev–Trinajstić information content (AvgIpc) is 1.64. The Morgan fingerprint density at radius 3 is 2.50 bits per heavy atom. The van der Waals surface area contributed by atoms with Crippen molar-refractivity contribution < 1.29 is 0 Å². The molecule has 1 heteroatoms. The van der Waals surface area contributed by atoms with Gasteiger partial charge < -0.3 is 0 Å². The van der Waals surface area contributed by atoms with E-state index in [0.717, 1.165) is 5.92 Å². The Labute approximate surface area is 53.1 Å². The zero-order chi connectivity index (χ0) is 5.98. The first-order chi connectivity index (χ1) is 3.79. The van der Waals surface area contributed by atoms with Gasteiger partial charge in [-0.2, -0.15) is 0 Å². The molecular formula is C7H13B. The molecule has 0 heterocycles. The number of hydrogen-bond acceptors (Lipinski definition) is 0. The van der Waals surface area contributed by atoms with Crippen LogP contribution in [0, 0.1) is 5.92 Å². The summed E-state index contributed by atoms with van der Waals surface area (Å²) < 4.78 is 0. The van der Waals surface area contributed by atoms with Crippen molar-refractivity contribution in [2.75, 3.05) is 0 Å². The van der Waals surface area contributed by atoms with Crippen LogP contribution in [0.15, 0.2) is 0 Å². The Kier molecular flexibility index (Phi) is 1.98. The summed E-state index contributed by atoms with van der Waals surface area (Å²) in [4.78, 5) is 0. The Hall–Kier alpha value is 0.0649. The van der Waals surface area contributed by atoms with Gasteiger partial charge in [0.15, 0.2) is 0 Å². The summed E-state index contributed by atoms with van der Waals surface area (Å²) in [6.07, 6.45) is 5.25. The van der Waals surface area contributed by atoms with E-state index in [4.69, 9.17) is 7.85 Å². The van der Waals surface area contributed by atoms with Gasteiger partial charge in [-0.1, -0.05) is 38.4 Å². The van der Waals surface area contributed by atoms with E-state index in [1.807, 2.05) is 0 Å². The standard InChI is InChI=1S/C7H13B/c1-6-3-2-4-7(8)5-6/h6-7H,2-5H2,1H3/t6-,7?/m0/s1. The Morgan fingerprint density at radius 2 is 2.12 bits per heavy atom. The molecule has 0 aromatic rings. The van der Waals surface area contributed by atoms with Crippen molar-refractivity contribution in [3.63, 3.8) is 0 Å². The minimum absolute atomic E-state index is 0.513. The smallest absolute Gasteiger partial charge is 0.0699 e. The summed E-state index contributed by atoms with van der Waals surface area (Å²) in [6, 6.07) is 0. The molecule has 0 aromatic carbocycles. The molecule has 0 saturated heterocycles. The Morgan fingerprint density at radius 1 is 1.38 bits per heavy atom. The zero-order valence-electron chi connectivity index (χ0n) is 5.56. The van der Waals surface area contributed by atoms with Crippen molar-refractivity contribution in [1.82, 2.24) is 0 Å². The maximum Gasteiger partial charge on any atom is 0.0699 e. The molecule has 2 radical (unpaired) electrons. The molecule has 1 aliphatic rings. The van der Waals surface area contributed by atoms with E-state index in [2.05, 4.69) is 6.92 Å². The van der Waals surface area contributed by atoms with Crippen LogP contribution < -0.4 is 0 Å². The van der Waals surface area contributed by atoms with Crippen LogP contribution in [-0.4, -0.2) is 7.85 Å². The van der Waals surface area contributed by atoms with Crippen LogP contribution in [0.25, 0.3) is 0 Å². The van der Waals surface area contributed by atoms with E-state index < -0.39 is 0 Å². The van der Waals surface area contributed by atoms with E-state index in [1.54, 1.807) is 0 Å². The maximum absolute atomic E-state index is 5.73. The summed E-state index contributed by atoms with van der Waals surface area (Å²) >= 11 is 0. The van der Waals surface area contributed by atoms with E-state index in [9.17, 15) is 0 Å². The van der Waals surface area contributed by atoms with E-state index >= 15 is 0 Å². The van der Waals surface area contributed by atoms with E-state index in [0.29, 0.717) is 5.82 Å². The molecule has 0 amide bonds. The highest BCUT2D eigenvalue weighted by Crippen LogP contribution is 2.29. The van der Waals surface area contributed by atoms with Crippen LogP contribution in [-0.2, 0) is 0 Å². The average molecular weight is 108 g/mol. The summed E-state index contributed by atoms with van der Waals surface area (Å²) in [5.74, 6) is 1.40. The van der Waals surface area contributed by atoms with E-state index in [1.165, 1.54) is 25.7 Å². The van der Waals surface area contributed by atoms with Crippen molar-refractivity contribution in [2.45, 2.75) is 38.4 Å². The molecule has 1 unspecified atom stereocenters. The topological polar surface area (TPSA) is 0 Å². The quantitative estimate of drug-likeness (QED) is 0.417. The van der Waals surface area contributed by atoms with Crippen LogP contribution in [0.2, 0.25) is 5.82 Å². The van der Waals surface area contributed by atoms with Crippen molar-refractivity contribution in [2.24, 2.45) is 5.92 Å². The van der Waals surface area contributed by atoms with Gasteiger partial charge in [0.1, 0.15) is 0 Å². The largest absolute Gasteiger partial charge is 0.0771 e. The Balaban J connectivity index is 2.23. The van der Waals surface area contributed by atoms with Gasteiger partial charge in [0.2, 0.25) is 0 Å². The first-order valence-electron chi connectivity index (χ1n) is 3.54. The molecule has 0 nitrogen and oxygen atoms in total. The molecule has 0 aliphatic heterocycles. The van der Waals surface area contributed by atoms with Crippen LogP contribution in [0.1, 0.15) is 32.6 Å². The molecular weight excluding hydrogens is 94.9 g/mol. The lowest BCUT2D eigenvalue weighted by atomic mass is 9.72. The zero-order valence-corrected chi connectivity index (χ0v) is 5.56. The van der Waals surface area contributed by atoms with Crippen molar-refractivity contribution >= 4 is 7.85 Å². The summed E-state index contributed by atoms with van der Waals surface area (Å²) in [7, 11) is 5.73. The Bertz CT molecular complexity index is 62.8. The highest BCUT2D eigenvalue weighted by Gasteiger charge is 2.13. The molecule has 44 valence electrons. The third-order valence-electron chi connectivity index (χ3n) is 1.98. The first-order valence-corrected chi connectivity index (χ1v) is 3.54. The van der Waals surface area contributed by atoms with Crippen LogP contribution in [0.4, 0.5) is 0 Å².